The number of nitrogens with zero attached hydrogens (tertiary/aromatic N) is 1. The first kappa shape index (κ1) is 18.4. The average Bonchev–Trinajstić information content (AvgIpc) is 3.11. The van der Waals surface area contributed by atoms with Gasteiger partial charge in [-0.3, -0.25) is 14.5 Å². The number of urea groups is 1. The van der Waals surface area contributed by atoms with Crippen molar-refractivity contribution in [3.05, 3.63) is 33.8 Å². The smallest absolute Gasteiger partial charge is 0.325 e. The molecule has 2 N–H and O–H groups in total. The van der Waals surface area contributed by atoms with Gasteiger partial charge in [-0.15, -0.1) is 0 Å². The zero-order valence-electron chi connectivity index (χ0n) is 13.5. The van der Waals surface area contributed by atoms with Gasteiger partial charge in [0.05, 0.1) is 16.1 Å². The van der Waals surface area contributed by atoms with E-state index in [9.17, 15) is 14.4 Å². The fraction of sp³-hybridized carbons (Fsp3) is 0.438. The lowest BCUT2D eigenvalue weighted by atomic mass is 9.99. The van der Waals surface area contributed by atoms with Gasteiger partial charge in [-0.1, -0.05) is 29.3 Å². The number of carbonyl (C=O) groups excluding carboxylic acids is 3. The minimum Gasteiger partial charge on any atom is -0.348 e. The fourth-order valence-corrected chi connectivity index (χ4v) is 4.58. The Morgan fingerprint density at radius 2 is 2.16 bits per heavy atom. The van der Waals surface area contributed by atoms with Gasteiger partial charge in [-0.05, 0) is 36.8 Å². The number of amides is 4. The standard InChI is InChI=1S/C16H17Cl2N3O3S/c1-9(10-2-3-11(17)12(18)6-10)19-13(22)7-21-14(23)16(20-15(21)24)4-5-25-8-16/h2-3,6,9H,4-5,7-8H2,1H3,(H,19,22)(H,20,24). The topological polar surface area (TPSA) is 78.5 Å². The Morgan fingerprint density at radius 1 is 1.40 bits per heavy atom. The number of hydrogen-bond acceptors (Lipinski definition) is 4. The predicted octanol–water partition coefficient (Wildman–Crippen LogP) is 2.60. The van der Waals surface area contributed by atoms with Gasteiger partial charge in [0.1, 0.15) is 12.1 Å². The molecule has 2 aliphatic rings. The Morgan fingerprint density at radius 3 is 2.80 bits per heavy atom. The van der Waals surface area contributed by atoms with Crippen LogP contribution in [0, 0.1) is 0 Å². The van der Waals surface area contributed by atoms with Crippen LogP contribution in [-0.4, -0.2) is 46.3 Å². The monoisotopic (exact) mass is 401 g/mol. The number of halogens is 2. The van der Waals surface area contributed by atoms with Crippen LogP contribution >= 0.6 is 35.0 Å². The maximum Gasteiger partial charge on any atom is 0.325 e. The fourth-order valence-electron chi connectivity index (χ4n) is 2.95. The highest BCUT2D eigenvalue weighted by Crippen LogP contribution is 2.33. The van der Waals surface area contributed by atoms with E-state index in [2.05, 4.69) is 10.6 Å². The van der Waals surface area contributed by atoms with E-state index in [0.717, 1.165) is 16.2 Å². The average molecular weight is 402 g/mol. The molecule has 2 heterocycles. The lowest BCUT2D eigenvalue weighted by Crippen LogP contribution is -2.47. The number of thioether (sulfide) groups is 1. The van der Waals surface area contributed by atoms with Crippen molar-refractivity contribution in [1.82, 2.24) is 15.5 Å². The van der Waals surface area contributed by atoms with E-state index in [1.807, 2.05) is 0 Å². The Labute approximate surface area is 159 Å². The van der Waals surface area contributed by atoms with Crippen LogP contribution in [0.2, 0.25) is 10.0 Å². The normalized spacial score (nSPS) is 23.9. The summed E-state index contributed by atoms with van der Waals surface area (Å²) in [5.74, 6) is 0.639. The van der Waals surface area contributed by atoms with Crippen LogP contribution in [0.1, 0.15) is 24.9 Å². The van der Waals surface area contributed by atoms with Crippen LogP contribution < -0.4 is 10.6 Å². The van der Waals surface area contributed by atoms with E-state index >= 15 is 0 Å². The summed E-state index contributed by atoms with van der Waals surface area (Å²) in [5.41, 5.74) is -0.0548. The van der Waals surface area contributed by atoms with Crippen LogP contribution in [0.5, 0.6) is 0 Å². The summed E-state index contributed by atoms with van der Waals surface area (Å²) in [6.07, 6.45) is 0.597. The number of rotatable bonds is 4. The highest BCUT2D eigenvalue weighted by molar-refractivity contribution is 7.99. The molecule has 25 heavy (non-hydrogen) atoms. The molecule has 1 aromatic rings. The largest absolute Gasteiger partial charge is 0.348 e. The summed E-state index contributed by atoms with van der Waals surface area (Å²) < 4.78 is 0. The molecule has 2 unspecified atom stereocenters. The van der Waals surface area contributed by atoms with Crippen molar-refractivity contribution in [3.8, 4) is 0 Å². The van der Waals surface area contributed by atoms with Gasteiger partial charge >= 0.3 is 6.03 Å². The third kappa shape index (κ3) is 3.59. The molecule has 2 fully saturated rings. The van der Waals surface area contributed by atoms with E-state index in [1.165, 1.54) is 0 Å². The predicted molar refractivity (Wildman–Crippen MR) is 97.9 cm³/mol. The van der Waals surface area contributed by atoms with Gasteiger partial charge in [-0.25, -0.2) is 4.79 Å². The zero-order chi connectivity index (χ0) is 18.2. The van der Waals surface area contributed by atoms with Gasteiger partial charge in [-0.2, -0.15) is 11.8 Å². The van der Waals surface area contributed by atoms with Crippen molar-refractivity contribution in [2.75, 3.05) is 18.1 Å². The zero-order valence-corrected chi connectivity index (χ0v) is 15.8. The quantitative estimate of drug-likeness (QED) is 0.759. The summed E-state index contributed by atoms with van der Waals surface area (Å²) in [6, 6.07) is 4.25. The maximum atomic E-state index is 12.5. The van der Waals surface area contributed by atoms with Crippen molar-refractivity contribution >= 4 is 52.8 Å². The Balaban J connectivity index is 1.63. The first-order valence-electron chi connectivity index (χ1n) is 7.78. The molecule has 1 aromatic carbocycles. The summed E-state index contributed by atoms with van der Waals surface area (Å²) in [5, 5.41) is 6.34. The van der Waals surface area contributed by atoms with Crippen LogP contribution in [0.15, 0.2) is 18.2 Å². The molecule has 2 saturated heterocycles. The van der Waals surface area contributed by atoms with E-state index in [-0.39, 0.29) is 18.5 Å². The first-order chi connectivity index (χ1) is 11.8. The maximum absolute atomic E-state index is 12.5. The van der Waals surface area contributed by atoms with E-state index < -0.39 is 17.5 Å². The SMILES string of the molecule is CC(NC(=O)CN1C(=O)NC2(CCSC2)C1=O)c1ccc(Cl)c(Cl)c1. The number of imide groups is 1. The molecule has 6 nitrogen and oxygen atoms in total. The summed E-state index contributed by atoms with van der Waals surface area (Å²) in [6.45, 7) is 1.49. The van der Waals surface area contributed by atoms with Gasteiger partial charge in [0, 0.05) is 5.75 Å². The van der Waals surface area contributed by atoms with Gasteiger partial charge in [0.25, 0.3) is 5.91 Å². The highest BCUT2D eigenvalue weighted by atomic mass is 35.5. The second-order valence-electron chi connectivity index (χ2n) is 6.17. The molecule has 134 valence electrons. The molecule has 0 radical (unpaired) electrons. The molecular weight excluding hydrogens is 385 g/mol. The molecule has 0 saturated carbocycles. The molecule has 0 aliphatic carbocycles. The summed E-state index contributed by atoms with van der Waals surface area (Å²) in [7, 11) is 0. The van der Waals surface area contributed by atoms with Gasteiger partial charge in [0.15, 0.2) is 0 Å². The van der Waals surface area contributed by atoms with Crippen molar-refractivity contribution in [2.45, 2.75) is 24.9 Å². The Kier molecular flexibility index (Phi) is 5.18. The third-order valence-corrected chi connectivity index (χ3v) is 6.32. The minimum absolute atomic E-state index is 0.303. The first-order valence-corrected chi connectivity index (χ1v) is 9.70. The van der Waals surface area contributed by atoms with Crippen molar-refractivity contribution < 1.29 is 14.4 Å². The highest BCUT2D eigenvalue weighted by Gasteiger charge is 2.53. The molecule has 1 spiro atoms. The van der Waals surface area contributed by atoms with Crippen LogP contribution in [0.25, 0.3) is 0 Å². The van der Waals surface area contributed by atoms with Crippen molar-refractivity contribution in [2.24, 2.45) is 0 Å². The number of carbonyl (C=O) groups is 3. The summed E-state index contributed by atoms with van der Waals surface area (Å²) >= 11 is 13.5. The second-order valence-corrected chi connectivity index (χ2v) is 8.09. The Hall–Kier alpha value is -1.44. The second kappa shape index (κ2) is 7.05. The lowest BCUT2D eigenvalue weighted by Gasteiger charge is -2.20. The number of hydrogen-bond donors (Lipinski definition) is 2. The molecular formula is C16H17Cl2N3O3S. The molecule has 3 rings (SSSR count). The van der Waals surface area contributed by atoms with Crippen molar-refractivity contribution in [3.63, 3.8) is 0 Å². The molecule has 4 amide bonds. The molecule has 9 heteroatoms. The lowest BCUT2D eigenvalue weighted by molar-refractivity contribution is -0.134. The number of nitrogens with one attached hydrogen (secondary N) is 2. The molecule has 0 bridgehead atoms. The third-order valence-electron chi connectivity index (χ3n) is 4.39. The van der Waals surface area contributed by atoms with E-state index in [1.54, 1.807) is 36.9 Å². The molecule has 0 aromatic heterocycles. The van der Waals surface area contributed by atoms with Gasteiger partial charge in [0.2, 0.25) is 5.91 Å². The Bertz CT molecular complexity index is 737. The molecule has 2 atom stereocenters. The minimum atomic E-state index is -0.836. The van der Waals surface area contributed by atoms with E-state index in [0.29, 0.717) is 22.2 Å². The van der Waals surface area contributed by atoms with Crippen molar-refractivity contribution in [1.29, 1.82) is 0 Å². The van der Waals surface area contributed by atoms with Gasteiger partial charge < -0.3 is 10.6 Å². The van der Waals surface area contributed by atoms with Crippen LogP contribution in [-0.2, 0) is 9.59 Å². The van der Waals surface area contributed by atoms with Crippen LogP contribution in [0.3, 0.4) is 0 Å². The summed E-state index contributed by atoms with van der Waals surface area (Å²) in [4.78, 5) is 37.9. The van der Waals surface area contributed by atoms with Crippen LogP contribution in [0.4, 0.5) is 4.79 Å². The number of benzene rings is 1. The van der Waals surface area contributed by atoms with E-state index in [4.69, 9.17) is 23.2 Å². The molecule has 2 aliphatic heterocycles.